The van der Waals surface area contributed by atoms with Crippen LogP contribution < -0.4 is 16.3 Å². The third-order valence-electron chi connectivity index (χ3n) is 2.82. The first kappa shape index (κ1) is 21.3. The summed E-state index contributed by atoms with van der Waals surface area (Å²) >= 11 is 5.98. The van der Waals surface area contributed by atoms with Gasteiger partial charge in [0.05, 0.1) is 11.1 Å². The molecule has 1 heterocycles. The van der Waals surface area contributed by atoms with E-state index in [2.05, 4.69) is 31.2 Å². The van der Waals surface area contributed by atoms with Crippen molar-refractivity contribution in [2.45, 2.75) is 10.8 Å². The Morgan fingerprint density at radius 1 is 1.48 bits per heavy atom. The van der Waals surface area contributed by atoms with Crippen LogP contribution in [0.1, 0.15) is 11.4 Å². The summed E-state index contributed by atoms with van der Waals surface area (Å²) in [7, 11) is 0. The quantitative estimate of drug-likeness (QED) is 0.116. The van der Waals surface area contributed by atoms with Gasteiger partial charge in [0.2, 0.25) is 0 Å². The normalized spacial score (nSPS) is 11.4. The van der Waals surface area contributed by atoms with E-state index in [4.69, 9.17) is 21.4 Å². The van der Waals surface area contributed by atoms with Gasteiger partial charge in [-0.05, 0) is 34.5 Å². The van der Waals surface area contributed by atoms with Crippen LogP contribution in [0.15, 0.2) is 32.1 Å². The molecular weight excluding hydrogens is 463 g/mol. The van der Waals surface area contributed by atoms with Gasteiger partial charge in [0.1, 0.15) is 11.6 Å². The second kappa shape index (κ2) is 10.4. The molecule has 0 fully saturated rings. The van der Waals surface area contributed by atoms with Crippen LogP contribution in [0.3, 0.4) is 0 Å². The van der Waals surface area contributed by atoms with Crippen LogP contribution in [0.2, 0.25) is 0 Å². The fourth-order valence-corrected chi connectivity index (χ4v) is 3.81. The molecule has 2 aromatic rings. The van der Waals surface area contributed by atoms with Crippen molar-refractivity contribution < 1.29 is 19.0 Å². The molecule has 0 amide bonds. The summed E-state index contributed by atoms with van der Waals surface area (Å²) in [4.78, 5) is 10.5. The van der Waals surface area contributed by atoms with E-state index in [1.165, 1.54) is 35.2 Å². The average Bonchev–Trinajstić information content (AvgIpc) is 3.06. The molecule has 0 aliphatic heterocycles. The maximum atomic E-state index is 13.2. The lowest BCUT2D eigenvalue weighted by Crippen LogP contribution is -2.34. The van der Waals surface area contributed by atoms with Crippen molar-refractivity contribution in [1.82, 2.24) is 15.3 Å². The Hall–Kier alpha value is -1.96. The number of carbonyl (C=O) groups is 1. The SMILES string of the molecule is N/C(=N\N(N)CC(=O)O)c1nnc(SCCCOc2cc(F)ccc2Br)s1. The number of thioether (sulfide) groups is 1. The summed E-state index contributed by atoms with van der Waals surface area (Å²) in [6.07, 6.45) is 0.710. The highest BCUT2D eigenvalue weighted by Crippen LogP contribution is 2.26. The summed E-state index contributed by atoms with van der Waals surface area (Å²) in [5.41, 5.74) is 5.73. The molecule has 27 heavy (non-hydrogen) atoms. The monoisotopic (exact) mass is 478 g/mol. The predicted molar refractivity (Wildman–Crippen MR) is 104 cm³/mol. The molecule has 0 saturated heterocycles. The Kier molecular flexibility index (Phi) is 8.22. The Morgan fingerprint density at radius 2 is 2.26 bits per heavy atom. The van der Waals surface area contributed by atoms with Crippen LogP contribution in [0.4, 0.5) is 4.39 Å². The molecule has 1 aromatic heterocycles. The van der Waals surface area contributed by atoms with Crippen molar-refractivity contribution in [1.29, 1.82) is 0 Å². The number of halogens is 2. The zero-order valence-corrected chi connectivity index (χ0v) is 17.1. The van der Waals surface area contributed by atoms with E-state index >= 15 is 0 Å². The number of aromatic nitrogens is 2. The second-order valence-corrected chi connectivity index (χ2v) is 8.15. The van der Waals surface area contributed by atoms with Crippen LogP contribution in [0, 0.1) is 5.82 Å². The van der Waals surface area contributed by atoms with Gasteiger partial charge < -0.3 is 15.6 Å². The number of hydrazone groups is 1. The number of nitrogens with two attached hydrogens (primary N) is 2. The fourth-order valence-electron chi connectivity index (χ4n) is 1.72. The van der Waals surface area contributed by atoms with E-state index < -0.39 is 12.5 Å². The lowest BCUT2D eigenvalue weighted by atomic mass is 10.3. The predicted octanol–water partition coefficient (Wildman–Crippen LogP) is 1.88. The van der Waals surface area contributed by atoms with Crippen LogP contribution in [0.25, 0.3) is 0 Å². The number of hydrazine groups is 1. The third kappa shape index (κ3) is 7.28. The van der Waals surface area contributed by atoms with E-state index in [0.29, 0.717) is 43.5 Å². The molecule has 0 saturated carbocycles. The number of hydrogen-bond donors (Lipinski definition) is 3. The Balaban J connectivity index is 1.76. The van der Waals surface area contributed by atoms with Gasteiger partial charge >= 0.3 is 5.97 Å². The minimum atomic E-state index is -1.13. The third-order valence-corrected chi connectivity index (χ3v) is 5.64. The summed E-state index contributed by atoms with van der Waals surface area (Å²) in [6.45, 7) is -0.0653. The summed E-state index contributed by atoms with van der Waals surface area (Å²) in [6, 6.07) is 4.26. The number of nitrogens with zero attached hydrogens (tertiary/aromatic N) is 4. The van der Waals surface area contributed by atoms with Crippen molar-refractivity contribution >= 4 is 50.8 Å². The molecule has 1 aromatic carbocycles. The van der Waals surface area contributed by atoms with Gasteiger partial charge in [-0.2, -0.15) is 0 Å². The molecule has 0 aliphatic carbocycles. The molecule has 13 heteroatoms. The molecular formula is C14H16BrFN6O3S2. The van der Waals surface area contributed by atoms with Gasteiger partial charge in [-0.3, -0.25) is 4.79 Å². The molecule has 0 radical (unpaired) electrons. The lowest BCUT2D eigenvalue weighted by molar-refractivity contribution is -0.138. The van der Waals surface area contributed by atoms with Crippen LogP contribution in [-0.4, -0.2) is 51.1 Å². The van der Waals surface area contributed by atoms with E-state index in [1.54, 1.807) is 6.07 Å². The first-order valence-electron chi connectivity index (χ1n) is 7.48. The number of amidine groups is 1. The number of hydrogen-bond acceptors (Lipinski definition) is 9. The smallest absolute Gasteiger partial charge is 0.326 e. The van der Waals surface area contributed by atoms with Gasteiger partial charge in [-0.1, -0.05) is 23.1 Å². The Morgan fingerprint density at radius 3 is 3.00 bits per heavy atom. The van der Waals surface area contributed by atoms with E-state index in [-0.39, 0.29) is 11.7 Å². The Bertz CT molecular complexity index is 822. The molecule has 5 N–H and O–H groups in total. The maximum absolute atomic E-state index is 13.2. The molecule has 0 unspecified atom stereocenters. The molecule has 2 rings (SSSR count). The first-order chi connectivity index (χ1) is 12.8. The molecule has 0 atom stereocenters. The van der Waals surface area contributed by atoms with Crippen molar-refractivity contribution in [2.75, 3.05) is 18.9 Å². The van der Waals surface area contributed by atoms with E-state index in [0.717, 1.165) is 0 Å². The van der Waals surface area contributed by atoms with E-state index in [9.17, 15) is 9.18 Å². The number of ether oxygens (including phenoxy) is 1. The van der Waals surface area contributed by atoms with E-state index in [1.807, 2.05) is 0 Å². The summed E-state index contributed by atoms with van der Waals surface area (Å²) in [5, 5.41) is 21.3. The maximum Gasteiger partial charge on any atom is 0.326 e. The van der Waals surface area contributed by atoms with Gasteiger partial charge in [0, 0.05) is 11.8 Å². The Labute approximate surface area is 170 Å². The van der Waals surface area contributed by atoms with Gasteiger partial charge in [-0.15, -0.1) is 15.3 Å². The van der Waals surface area contributed by atoms with Gasteiger partial charge in [0.15, 0.2) is 21.7 Å². The topological polar surface area (TPSA) is 140 Å². The highest BCUT2D eigenvalue weighted by molar-refractivity contribution is 9.10. The van der Waals surface area contributed by atoms with Gasteiger partial charge in [-0.25, -0.2) is 15.4 Å². The largest absolute Gasteiger partial charge is 0.492 e. The van der Waals surface area contributed by atoms with Crippen LogP contribution in [-0.2, 0) is 4.79 Å². The molecule has 146 valence electrons. The van der Waals surface area contributed by atoms with Crippen LogP contribution in [0.5, 0.6) is 5.75 Å². The number of carboxylic acid groups (broad SMARTS) is 1. The van der Waals surface area contributed by atoms with Crippen molar-refractivity contribution in [3.8, 4) is 5.75 Å². The summed E-state index contributed by atoms with van der Waals surface area (Å²) in [5.74, 6) is 5.06. The van der Waals surface area contributed by atoms with Crippen LogP contribution >= 0.6 is 39.0 Å². The number of carboxylic acids is 1. The lowest BCUT2D eigenvalue weighted by Gasteiger charge is -2.08. The van der Waals surface area contributed by atoms with Crippen molar-refractivity contribution in [3.05, 3.63) is 33.5 Å². The summed E-state index contributed by atoms with van der Waals surface area (Å²) < 4.78 is 20.1. The minimum Gasteiger partial charge on any atom is -0.492 e. The zero-order valence-electron chi connectivity index (χ0n) is 13.8. The second-order valence-electron chi connectivity index (χ2n) is 4.97. The fraction of sp³-hybridized carbons (Fsp3) is 0.286. The highest BCUT2D eigenvalue weighted by Gasteiger charge is 2.11. The molecule has 9 nitrogen and oxygen atoms in total. The number of rotatable bonds is 10. The van der Waals surface area contributed by atoms with Gasteiger partial charge in [0.25, 0.3) is 0 Å². The molecule has 0 spiro atoms. The highest BCUT2D eigenvalue weighted by atomic mass is 79.9. The molecule has 0 aliphatic rings. The van der Waals surface area contributed by atoms with Crippen molar-refractivity contribution in [3.63, 3.8) is 0 Å². The average molecular weight is 479 g/mol. The van der Waals surface area contributed by atoms with Crippen molar-refractivity contribution in [2.24, 2.45) is 16.7 Å². The minimum absolute atomic E-state index is 0.0117. The number of aliphatic carboxylic acids is 1. The number of benzene rings is 1. The molecule has 0 bridgehead atoms. The first-order valence-corrected chi connectivity index (χ1v) is 10.1. The zero-order chi connectivity index (χ0) is 19.8. The standard InChI is InChI=1S/C14H16BrFN6O3S2/c15-9-3-2-8(16)6-10(9)25-4-1-5-26-14-20-19-13(27-14)12(17)21-22(18)7-11(23)24/h2-3,6H,1,4-5,7,18H2,(H2,17,21)(H,23,24).